The van der Waals surface area contributed by atoms with E-state index in [9.17, 15) is 0 Å². The average Bonchev–Trinajstić information content (AvgIpc) is 2.90. The summed E-state index contributed by atoms with van der Waals surface area (Å²) in [4.78, 5) is 0. The van der Waals surface area contributed by atoms with E-state index in [4.69, 9.17) is 5.73 Å². The molecule has 0 fully saturated rings. The molecule has 0 spiro atoms. The molecule has 1 aromatic heterocycles. The summed E-state index contributed by atoms with van der Waals surface area (Å²) in [5.41, 5.74) is 7.88. The van der Waals surface area contributed by atoms with E-state index in [0.717, 1.165) is 12.2 Å². The minimum absolute atomic E-state index is 0.336. The maximum absolute atomic E-state index is 5.57. The predicted molar refractivity (Wildman–Crippen MR) is 68.9 cm³/mol. The topological polar surface area (TPSA) is 55.9 Å². The lowest BCUT2D eigenvalue weighted by atomic mass is 10.2. The molecule has 2 rings (SSSR count). The average molecular weight is 230 g/mol. The van der Waals surface area contributed by atoms with Crippen molar-refractivity contribution < 1.29 is 0 Å². The molecule has 0 bridgehead atoms. The molecular weight excluding hydrogens is 212 g/mol. The first-order valence-corrected chi connectivity index (χ1v) is 5.82. The molecule has 0 aliphatic carbocycles. The van der Waals surface area contributed by atoms with E-state index in [-0.39, 0.29) is 0 Å². The standard InChI is InChI=1S/C13H18N4/c1-11(9-14)15-10-12-4-2-5-13(8-12)17-7-3-6-16-17/h2-8,11,15H,9-10,14H2,1H3/t11-/m0/s1. The van der Waals surface area contributed by atoms with E-state index in [1.54, 1.807) is 6.20 Å². The number of benzene rings is 1. The first-order valence-electron chi connectivity index (χ1n) is 5.82. The van der Waals surface area contributed by atoms with Gasteiger partial charge in [0, 0.05) is 31.5 Å². The molecule has 0 saturated carbocycles. The van der Waals surface area contributed by atoms with Crippen LogP contribution in [0.1, 0.15) is 12.5 Å². The van der Waals surface area contributed by atoms with Crippen LogP contribution in [0.2, 0.25) is 0 Å². The normalized spacial score (nSPS) is 12.6. The summed E-state index contributed by atoms with van der Waals surface area (Å²) >= 11 is 0. The van der Waals surface area contributed by atoms with Crippen molar-refractivity contribution in [1.29, 1.82) is 0 Å². The Morgan fingerprint density at radius 1 is 1.41 bits per heavy atom. The van der Waals surface area contributed by atoms with Crippen molar-refractivity contribution in [3.63, 3.8) is 0 Å². The van der Waals surface area contributed by atoms with Crippen LogP contribution in [0.5, 0.6) is 0 Å². The van der Waals surface area contributed by atoms with Gasteiger partial charge in [-0.15, -0.1) is 0 Å². The third-order valence-electron chi connectivity index (χ3n) is 2.69. The zero-order valence-electron chi connectivity index (χ0n) is 10.0. The molecule has 0 radical (unpaired) electrons. The van der Waals surface area contributed by atoms with Crippen molar-refractivity contribution in [2.75, 3.05) is 6.54 Å². The van der Waals surface area contributed by atoms with Gasteiger partial charge in [0.15, 0.2) is 0 Å². The van der Waals surface area contributed by atoms with Crippen LogP contribution in [0.4, 0.5) is 0 Å². The van der Waals surface area contributed by atoms with E-state index < -0.39 is 0 Å². The smallest absolute Gasteiger partial charge is 0.0648 e. The Kier molecular flexibility index (Phi) is 3.90. The van der Waals surface area contributed by atoms with E-state index in [1.165, 1.54) is 5.56 Å². The number of nitrogens with zero attached hydrogens (tertiary/aromatic N) is 2. The Bertz CT molecular complexity index is 450. The monoisotopic (exact) mass is 230 g/mol. The highest BCUT2D eigenvalue weighted by Crippen LogP contribution is 2.09. The summed E-state index contributed by atoms with van der Waals surface area (Å²) in [7, 11) is 0. The van der Waals surface area contributed by atoms with Crippen molar-refractivity contribution in [3.05, 3.63) is 48.3 Å². The molecule has 90 valence electrons. The van der Waals surface area contributed by atoms with Gasteiger partial charge in [-0.1, -0.05) is 12.1 Å². The zero-order valence-corrected chi connectivity index (χ0v) is 10.0. The van der Waals surface area contributed by atoms with Crippen LogP contribution >= 0.6 is 0 Å². The zero-order chi connectivity index (χ0) is 12.1. The highest BCUT2D eigenvalue weighted by atomic mass is 15.3. The van der Waals surface area contributed by atoms with E-state index in [0.29, 0.717) is 12.6 Å². The highest BCUT2D eigenvalue weighted by molar-refractivity contribution is 5.34. The Labute approximate surface area is 101 Å². The fourth-order valence-corrected chi connectivity index (χ4v) is 1.61. The SMILES string of the molecule is C[C@@H](CN)NCc1cccc(-n2cccn2)c1. The van der Waals surface area contributed by atoms with Gasteiger partial charge in [0.05, 0.1) is 5.69 Å². The van der Waals surface area contributed by atoms with Crippen LogP contribution < -0.4 is 11.1 Å². The number of rotatable bonds is 5. The van der Waals surface area contributed by atoms with Gasteiger partial charge in [0.25, 0.3) is 0 Å². The quantitative estimate of drug-likeness (QED) is 0.814. The van der Waals surface area contributed by atoms with Crippen LogP contribution in [0.15, 0.2) is 42.7 Å². The number of hydrogen-bond donors (Lipinski definition) is 2. The van der Waals surface area contributed by atoms with Gasteiger partial charge in [-0.3, -0.25) is 0 Å². The molecule has 1 heterocycles. The highest BCUT2D eigenvalue weighted by Gasteiger charge is 2.00. The largest absolute Gasteiger partial charge is 0.329 e. The summed E-state index contributed by atoms with van der Waals surface area (Å²) in [6, 6.07) is 10.6. The summed E-state index contributed by atoms with van der Waals surface area (Å²) < 4.78 is 1.86. The molecule has 1 atom stereocenters. The van der Waals surface area contributed by atoms with Gasteiger partial charge in [0.1, 0.15) is 0 Å². The van der Waals surface area contributed by atoms with E-state index in [2.05, 4.69) is 29.5 Å². The molecule has 1 aromatic carbocycles. The summed E-state index contributed by atoms with van der Waals surface area (Å²) in [6.45, 7) is 3.56. The van der Waals surface area contributed by atoms with Crippen LogP contribution in [-0.2, 0) is 6.54 Å². The van der Waals surface area contributed by atoms with Crippen molar-refractivity contribution in [1.82, 2.24) is 15.1 Å². The molecule has 17 heavy (non-hydrogen) atoms. The van der Waals surface area contributed by atoms with Crippen molar-refractivity contribution in [2.45, 2.75) is 19.5 Å². The van der Waals surface area contributed by atoms with Gasteiger partial charge in [-0.25, -0.2) is 4.68 Å². The minimum Gasteiger partial charge on any atom is -0.329 e. The molecule has 4 heteroatoms. The fraction of sp³-hybridized carbons (Fsp3) is 0.308. The Balaban J connectivity index is 2.07. The second-order valence-corrected chi connectivity index (χ2v) is 4.14. The van der Waals surface area contributed by atoms with Crippen molar-refractivity contribution in [3.8, 4) is 5.69 Å². The third kappa shape index (κ3) is 3.15. The van der Waals surface area contributed by atoms with Crippen LogP contribution in [0.25, 0.3) is 5.69 Å². The Morgan fingerprint density at radius 3 is 3.00 bits per heavy atom. The molecule has 0 saturated heterocycles. The Hall–Kier alpha value is -1.65. The third-order valence-corrected chi connectivity index (χ3v) is 2.69. The number of nitrogens with two attached hydrogens (primary N) is 1. The predicted octanol–water partition coefficient (Wildman–Crippen LogP) is 1.31. The maximum Gasteiger partial charge on any atom is 0.0648 e. The van der Waals surface area contributed by atoms with Crippen LogP contribution in [-0.4, -0.2) is 22.4 Å². The maximum atomic E-state index is 5.57. The number of nitrogens with one attached hydrogen (secondary N) is 1. The lowest BCUT2D eigenvalue weighted by molar-refractivity contribution is 0.556. The molecule has 4 nitrogen and oxygen atoms in total. The lowest BCUT2D eigenvalue weighted by Gasteiger charge is -2.11. The van der Waals surface area contributed by atoms with Gasteiger partial charge in [0.2, 0.25) is 0 Å². The first kappa shape index (κ1) is 11.8. The second-order valence-electron chi connectivity index (χ2n) is 4.14. The molecule has 0 unspecified atom stereocenters. The van der Waals surface area contributed by atoms with Crippen LogP contribution in [0, 0.1) is 0 Å². The minimum atomic E-state index is 0.336. The lowest BCUT2D eigenvalue weighted by Crippen LogP contribution is -2.32. The van der Waals surface area contributed by atoms with Gasteiger partial charge in [-0.05, 0) is 30.7 Å². The van der Waals surface area contributed by atoms with Gasteiger partial charge in [-0.2, -0.15) is 5.10 Å². The summed E-state index contributed by atoms with van der Waals surface area (Å²) in [6.07, 6.45) is 3.72. The van der Waals surface area contributed by atoms with Crippen LogP contribution in [0.3, 0.4) is 0 Å². The van der Waals surface area contributed by atoms with E-state index >= 15 is 0 Å². The van der Waals surface area contributed by atoms with Crippen molar-refractivity contribution >= 4 is 0 Å². The molecule has 2 aromatic rings. The Morgan fingerprint density at radius 2 is 2.29 bits per heavy atom. The first-order chi connectivity index (χ1) is 8.29. The van der Waals surface area contributed by atoms with Gasteiger partial charge < -0.3 is 11.1 Å². The number of aromatic nitrogens is 2. The molecule has 0 aliphatic heterocycles. The molecule has 3 N–H and O–H groups in total. The fourth-order valence-electron chi connectivity index (χ4n) is 1.61. The number of hydrogen-bond acceptors (Lipinski definition) is 3. The summed E-state index contributed by atoms with van der Waals surface area (Å²) in [5, 5.41) is 7.58. The second kappa shape index (κ2) is 5.61. The van der Waals surface area contributed by atoms with E-state index in [1.807, 2.05) is 29.1 Å². The summed E-state index contributed by atoms with van der Waals surface area (Å²) in [5.74, 6) is 0. The van der Waals surface area contributed by atoms with Crippen molar-refractivity contribution in [2.24, 2.45) is 5.73 Å². The molecule has 0 aliphatic rings. The molecule has 0 amide bonds. The molecular formula is C13H18N4. The van der Waals surface area contributed by atoms with Gasteiger partial charge >= 0.3 is 0 Å².